The zero-order valence-electron chi connectivity index (χ0n) is 16.4. The van der Waals surface area contributed by atoms with E-state index in [0.717, 1.165) is 67.6 Å². The van der Waals surface area contributed by atoms with Crippen LogP contribution < -0.4 is 4.90 Å². The van der Waals surface area contributed by atoms with Gasteiger partial charge in [-0.15, -0.1) is 12.4 Å². The van der Waals surface area contributed by atoms with Crippen molar-refractivity contribution in [2.24, 2.45) is 0 Å². The van der Waals surface area contributed by atoms with Crippen LogP contribution in [0, 0.1) is 6.92 Å². The van der Waals surface area contributed by atoms with Gasteiger partial charge in [0, 0.05) is 43.8 Å². The van der Waals surface area contributed by atoms with E-state index in [0.29, 0.717) is 5.92 Å². The van der Waals surface area contributed by atoms with Crippen molar-refractivity contribution in [1.29, 1.82) is 0 Å². The maximum Gasteiger partial charge on any atom is 0.158 e. The van der Waals surface area contributed by atoms with Gasteiger partial charge in [0.05, 0.1) is 5.69 Å². The van der Waals surface area contributed by atoms with Crippen LogP contribution in [0.5, 0.6) is 0 Å². The van der Waals surface area contributed by atoms with Gasteiger partial charge < -0.3 is 9.64 Å². The van der Waals surface area contributed by atoms with E-state index < -0.39 is 0 Å². The molecule has 9 heteroatoms. The molecule has 5 heterocycles. The largest absolute Gasteiger partial charge is 0.372 e. The molecule has 152 valence electrons. The molecule has 2 aliphatic heterocycles. The van der Waals surface area contributed by atoms with Crippen molar-refractivity contribution in [1.82, 2.24) is 29.5 Å². The quantitative estimate of drug-likeness (QED) is 0.652. The molecule has 3 aromatic heterocycles. The van der Waals surface area contributed by atoms with Gasteiger partial charge in [-0.25, -0.2) is 24.5 Å². The second-order valence-electron chi connectivity index (χ2n) is 8.04. The van der Waals surface area contributed by atoms with Gasteiger partial charge in [-0.2, -0.15) is 5.10 Å². The highest BCUT2D eigenvalue weighted by molar-refractivity contribution is 5.85. The molecule has 0 amide bonds. The first-order valence-electron chi connectivity index (χ1n) is 10.2. The topological polar surface area (TPSA) is 81.3 Å². The van der Waals surface area contributed by atoms with Crippen molar-refractivity contribution >= 4 is 23.7 Å². The molecular weight excluding hydrogens is 390 g/mol. The van der Waals surface area contributed by atoms with Gasteiger partial charge in [-0.1, -0.05) is 0 Å². The second kappa shape index (κ2) is 7.18. The summed E-state index contributed by atoms with van der Waals surface area (Å²) in [7, 11) is 0. The minimum absolute atomic E-state index is 0. The Labute approximate surface area is 175 Å². The second-order valence-corrected chi connectivity index (χ2v) is 8.04. The van der Waals surface area contributed by atoms with Gasteiger partial charge in [0.15, 0.2) is 5.82 Å². The number of hydrogen-bond acceptors (Lipinski definition) is 7. The fourth-order valence-corrected chi connectivity index (χ4v) is 4.39. The van der Waals surface area contributed by atoms with Gasteiger partial charge >= 0.3 is 0 Å². The molecule has 1 aliphatic carbocycles. The van der Waals surface area contributed by atoms with E-state index in [1.54, 1.807) is 6.33 Å². The van der Waals surface area contributed by atoms with E-state index in [9.17, 15) is 0 Å². The van der Waals surface area contributed by atoms with E-state index in [1.165, 1.54) is 24.1 Å². The van der Waals surface area contributed by atoms with Crippen LogP contribution in [0.1, 0.15) is 66.3 Å². The molecule has 3 aromatic rings. The predicted molar refractivity (Wildman–Crippen MR) is 109 cm³/mol. The zero-order chi connectivity index (χ0) is 18.7. The molecule has 0 N–H and O–H groups in total. The lowest BCUT2D eigenvalue weighted by atomic mass is 10.1. The summed E-state index contributed by atoms with van der Waals surface area (Å²) in [6, 6.07) is 0. The van der Waals surface area contributed by atoms with Crippen LogP contribution in [-0.4, -0.2) is 42.7 Å². The number of aryl methyl sites for hydroxylation is 1. The smallest absolute Gasteiger partial charge is 0.158 e. The summed E-state index contributed by atoms with van der Waals surface area (Å²) in [6.45, 7) is 4.43. The molecule has 1 saturated carbocycles. The Hall–Kier alpha value is -2.32. The maximum absolute atomic E-state index is 5.93. The SMILES string of the molecule is Cc1nc(C2CCCO2)c2c(N3CCc4nc(C5CC5)ncc4C3)ncnn12.Cl. The van der Waals surface area contributed by atoms with Gasteiger partial charge in [-0.05, 0) is 32.6 Å². The molecule has 0 bridgehead atoms. The third kappa shape index (κ3) is 3.14. The predicted octanol–water partition coefficient (Wildman–Crippen LogP) is 2.94. The summed E-state index contributed by atoms with van der Waals surface area (Å²) in [5, 5.41) is 4.45. The van der Waals surface area contributed by atoms with Crippen molar-refractivity contribution in [3.8, 4) is 0 Å². The van der Waals surface area contributed by atoms with Crippen LogP contribution in [0.4, 0.5) is 5.82 Å². The van der Waals surface area contributed by atoms with Crippen molar-refractivity contribution in [3.05, 3.63) is 41.1 Å². The van der Waals surface area contributed by atoms with E-state index in [1.807, 2.05) is 17.6 Å². The molecule has 1 saturated heterocycles. The highest BCUT2D eigenvalue weighted by atomic mass is 35.5. The van der Waals surface area contributed by atoms with Crippen molar-refractivity contribution < 1.29 is 4.74 Å². The Morgan fingerprint density at radius 2 is 2.03 bits per heavy atom. The molecule has 3 aliphatic rings. The van der Waals surface area contributed by atoms with Gasteiger partial charge in [0.1, 0.15) is 35.3 Å². The zero-order valence-corrected chi connectivity index (χ0v) is 17.2. The lowest BCUT2D eigenvalue weighted by Gasteiger charge is -2.29. The monoisotopic (exact) mass is 413 g/mol. The molecular formula is C20H24ClN7O. The Morgan fingerprint density at radius 3 is 2.83 bits per heavy atom. The molecule has 1 atom stereocenters. The number of aromatic nitrogens is 6. The first-order chi connectivity index (χ1) is 13.8. The normalized spacial score (nSPS) is 21.3. The van der Waals surface area contributed by atoms with E-state index in [2.05, 4.69) is 20.0 Å². The number of rotatable bonds is 3. The van der Waals surface area contributed by atoms with Crippen LogP contribution in [0.2, 0.25) is 0 Å². The van der Waals surface area contributed by atoms with Crippen LogP contribution in [0.25, 0.3) is 5.52 Å². The van der Waals surface area contributed by atoms with E-state index in [4.69, 9.17) is 14.7 Å². The van der Waals surface area contributed by atoms with E-state index >= 15 is 0 Å². The molecule has 0 aromatic carbocycles. The lowest BCUT2D eigenvalue weighted by Crippen LogP contribution is -2.32. The third-order valence-electron chi connectivity index (χ3n) is 6.03. The Morgan fingerprint density at radius 1 is 1.14 bits per heavy atom. The highest BCUT2D eigenvalue weighted by Gasteiger charge is 2.31. The van der Waals surface area contributed by atoms with Gasteiger partial charge in [0.25, 0.3) is 0 Å². The lowest BCUT2D eigenvalue weighted by molar-refractivity contribution is 0.110. The molecule has 8 nitrogen and oxygen atoms in total. The molecule has 0 spiro atoms. The van der Waals surface area contributed by atoms with Crippen LogP contribution in [0.3, 0.4) is 0 Å². The molecule has 6 rings (SSSR count). The summed E-state index contributed by atoms with van der Waals surface area (Å²) in [6.07, 6.45) is 9.13. The first kappa shape index (κ1) is 18.7. The Balaban J connectivity index is 0.00000181. The van der Waals surface area contributed by atoms with E-state index in [-0.39, 0.29) is 18.5 Å². The van der Waals surface area contributed by atoms with Crippen molar-refractivity contribution in [2.45, 2.75) is 57.6 Å². The molecule has 1 unspecified atom stereocenters. The number of nitrogens with zero attached hydrogens (tertiary/aromatic N) is 7. The fraction of sp³-hybridized carbons (Fsp3) is 0.550. The molecule has 2 fully saturated rings. The number of hydrogen-bond donors (Lipinski definition) is 0. The molecule has 29 heavy (non-hydrogen) atoms. The number of imidazole rings is 1. The number of anilines is 1. The number of ether oxygens (including phenoxy) is 1. The average molecular weight is 414 g/mol. The standard InChI is InChI=1S/C20H23N7O.ClH/c1-12-24-17(16-3-2-8-28-16)18-20(22-11-23-27(12)18)26-7-6-15-14(10-26)9-21-19(25-15)13-4-5-13;/h9,11,13,16H,2-8,10H2,1H3;1H. The Kier molecular flexibility index (Phi) is 4.63. The van der Waals surface area contributed by atoms with Crippen LogP contribution >= 0.6 is 12.4 Å². The highest BCUT2D eigenvalue weighted by Crippen LogP contribution is 2.39. The number of halogens is 1. The summed E-state index contributed by atoms with van der Waals surface area (Å²) >= 11 is 0. The summed E-state index contributed by atoms with van der Waals surface area (Å²) in [5.74, 6) is 3.43. The minimum atomic E-state index is 0. The number of fused-ring (bicyclic) bond motifs is 2. The first-order valence-corrected chi connectivity index (χ1v) is 10.2. The Bertz CT molecular complexity index is 1060. The summed E-state index contributed by atoms with van der Waals surface area (Å²) < 4.78 is 7.83. The third-order valence-corrected chi connectivity index (χ3v) is 6.03. The minimum Gasteiger partial charge on any atom is -0.372 e. The fourth-order valence-electron chi connectivity index (χ4n) is 4.39. The van der Waals surface area contributed by atoms with Crippen molar-refractivity contribution in [2.75, 3.05) is 18.1 Å². The average Bonchev–Trinajstić information content (AvgIpc) is 3.33. The van der Waals surface area contributed by atoms with Crippen LogP contribution in [-0.2, 0) is 17.7 Å². The van der Waals surface area contributed by atoms with Crippen LogP contribution in [0.15, 0.2) is 12.5 Å². The molecule has 0 radical (unpaired) electrons. The van der Waals surface area contributed by atoms with Gasteiger partial charge in [-0.3, -0.25) is 0 Å². The summed E-state index contributed by atoms with van der Waals surface area (Å²) in [5.41, 5.74) is 4.34. The van der Waals surface area contributed by atoms with Gasteiger partial charge in [0.2, 0.25) is 0 Å². The van der Waals surface area contributed by atoms with Crippen molar-refractivity contribution in [3.63, 3.8) is 0 Å². The maximum atomic E-state index is 5.93. The summed E-state index contributed by atoms with van der Waals surface area (Å²) in [4.78, 5) is 21.2.